The average molecular weight is 401 g/mol. The van der Waals surface area contributed by atoms with Gasteiger partial charge in [-0.1, -0.05) is 28.1 Å². The van der Waals surface area contributed by atoms with E-state index in [0.717, 1.165) is 10.9 Å². The van der Waals surface area contributed by atoms with Crippen LogP contribution in [0.3, 0.4) is 0 Å². The third kappa shape index (κ3) is 3.22. The van der Waals surface area contributed by atoms with Crippen LogP contribution in [0.15, 0.2) is 53.5 Å². The van der Waals surface area contributed by atoms with Gasteiger partial charge in [-0.15, -0.1) is 11.3 Å². The highest BCUT2D eigenvalue weighted by Gasteiger charge is 2.39. The molecule has 2 heterocycles. The van der Waals surface area contributed by atoms with Gasteiger partial charge in [-0.3, -0.25) is 14.8 Å². The van der Waals surface area contributed by atoms with E-state index in [1.54, 1.807) is 24.8 Å². The first-order chi connectivity index (χ1) is 11.7. The Morgan fingerprint density at radius 3 is 2.75 bits per heavy atom. The van der Waals surface area contributed by atoms with Crippen LogP contribution < -0.4 is 5.32 Å². The Morgan fingerprint density at radius 2 is 2.00 bits per heavy atom. The van der Waals surface area contributed by atoms with Gasteiger partial charge in [0.05, 0.1) is 12.4 Å². The van der Waals surface area contributed by atoms with Crippen molar-refractivity contribution >= 4 is 33.2 Å². The lowest BCUT2D eigenvalue weighted by molar-refractivity contribution is 0.0954. The summed E-state index contributed by atoms with van der Waals surface area (Å²) in [5.74, 6) is 0.321. The molecule has 0 aliphatic heterocycles. The molecule has 2 atom stereocenters. The van der Waals surface area contributed by atoms with Crippen molar-refractivity contribution in [2.24, 2.45) is 0 Å². The molecule has 0 radical (unpaired) electrons. The molecule has 5 nitrogen and oxygen atoms in total. The summed E-state index contributed by atoms with van der Waals surface area (Å²) in [5, 5.41) is 3.78. The summed E-state index contributed by atoms with van der Waals surface area (Å²) in [7, 11) is 0. The minimum absolute atomic E-state index is 0.0766. The summed E-state index contributed by atoms with van der Waals surface area (Å²) in [6.45, 7) is 0. The molecule has 1 amide bonds. The van der Waals surface area contributed by atoms with Crippen LogP contribution in [0.4, 0.5) is 0 Å². The molecule has 0 saturated heterocycles. The Balaban J connectivity index is 1.41. The molecule has 7 heteroatoms. The molecule has 1 N–H and O–H groups in total. The summed E-state index contributed by atoms with van der Waals surface area (Å²) in [5.41, 5.74) is 1.94. The van der Waals surface area contributed by atoms with Crippen molar-refractivity contribution in [1.29, 1.82) is 0 Å². The number of amides is 1. The van der Waals surface area contributed by atoms with Gasteiger partial charge in [-0.2, -0.15) is 0 Å². The first-order valence-corrected chi connectivity index (χ1v) is 9.10. The Kier molecular flexibility index (Phi) is 4.12. The molecular weight excluding hydrogens is 388 g/mol. The molecule has 1 fully saturated rings. The maximum Gasteiger partial charge on any atom is 0.263 e. The number of hydrogen-bond donors (Lipinski definition) is 1. The van der Waals surface area contributed by atoms with Gasteiger partial charge in [0.15, 0.2) is 0 Å². The number of aromatic nitrogens is 3. The van der Waals surface area contributed by atoms with E-state index in [4.69, 9.17) is 0 Å². The van der Waals surface area contributed by atoms with Gasteiger partial charge < -0.3 is 5.32 Å². The predicted molar refractivity (Wildman–Crippen MR) is 95.9 cm³/mol. The van der Waals surface area contributed by atoms with Gasteiger partial charge in [0, 0.05) is 28.8 Å². The van der Waals surface area contributed by atoms with E-state index in [0.29, 0.717) is 21.5 Å². The van der Waals surface area contributed by atoms with Crippen LogP contribution >= 0.6 is 27.3 Å². The molecule has 0 spiro atoms. The fourth-order valence-corrected chi connectivity index (χ4v) is 3.62. The largest absolute Gasteiger partial charge is 0.348 e. The Bertz CT molecular complexity index is 866. The second-order valence-electron chi connectivity index (χ2n) is 5.59. The Hall–Kier alpha value is -2.12. The molecule has 1 aromatic carbocycles. The lowest BCUT2D eigenvalue weighted by Crippen LogP contribution is -2.25. The second kappa shape index (κ2) is 6.41. The first kappa shape index (κ1) is 15.4. The molecule has 24 heavy (non-hydrogen) atoms. The normalized spacial score (nSPS) is 19.0. The number of carbonyl (C=O) groups is 1. The maximum atomic E-state index is 12.4. The fourth-order valence-electron chi connectivity index (χ4n) is 2.58. The van der Waals surface area contributed by atoms with Gasteiger partial charge in [0.25, 0.3) is 5.91 Å². The summed E-state index contributed by atoms with van der Waals surface area (Å²) < 4.78 is 1.06. The van der Waals surface area contributed by atoms with Crippen LogP contribution in [0.25, 0.3) is 10.7 Å². The monoisotopic (exact) mass is 400 g/mol. The summed E-state index contributed by atoms with van der Waals surface area (Å²) >= 11 is 4.77. The van der Waals surface area contributed by atoms with Crippen molar-refractivity contribution in [3.05, 3.63) is 64.0 Å². The van der Waals surface area contributed by atoms with E-state index in [9.17, 15) is 4.79 Å². The van der Waals surface area contributed by atoms with E-state index in [2.05, 4.69) is 48.3 Å². The highest BCUT2D eigenvalue weighted by Crippen LogP contribution is 2.41. The molecule has 2 aromatic heterocycles. The smallest absolute Gasteiger partial charge is 0.263 e. The molecule has 3 aromatic rings. The van der Waals surface area contributed by atoms with Crippen molar-refractivity contribution in [2.45, 2.75) is 18.4 Å². The molecular formula is C17H13BrN4OS. The quantitative estimate of drug-likeness (QED) is 0.725. The SMILES string of the molecule is O=C(N[C@@H]1C[C@H]1c1ccc(Br)cc1)c1cnc(-c2cnccn2)s1. The van der Waals surface area contributed by atoms with Crippen LogP contribution in [-0.2, 0) is 0 Å². The average Bonchev–Trinajstić information content (AvgIpc) is 3.19. The minimum Gasteiger partial charge on any atom is -0.348 e. The predicted octanol–water partition coefficient (Wildman–Crippen LogP) is 3.65. The fraction of sp³-hybridized carbons (Fsp3) is 0.176. The van der Waals surface area contributed by atoms with Crippen molar-refractivity contribution in [3.8, 4) is 10.7 Å². The molecule has 1 saturated carbocycles. The van der Waals surface area contributed by atoms with Gasteiger partial charge in [0.1, 0.15) is 15.6 Å². The summed E-state index contributed by atoms with van der Waals surface area (Å²) in [6, 6.07) is 8.45. The van der Waals surface area contributed by atoms with Crippen molar-refractivity contribution in [3.63, 3.8) is 0 Å². The van der Waals surface area contributed by atoms with Gasteiger partial charge in [0.2, 0.25) is 0 Å². The number of hydrogen-bond acceptors (Lipinski definition) is 5. The molecule has 0 unspecified atom stereocenters. The van der Waals surface area contributed by atoms with Gasteiger partial charge in [-0.05, 0) is 24.1 Å². The Labute approximate surface area is 151 Å². The van der Waals surface area contributed by atoms with Crippen molar-refractivity contribution in [2.75, 3.05) is 0 Å². The van der Waals surface area contributed by atoms with Crippen LogP contribution in [0.5, 0.6) is 0 Å². The number of halogens is 1. The molecule has 4 rings (SSSR count). The Morgan fingerprint density at radius 1 is 1.17 bits per heavy atom. The van der Waals surface area contributed by atoms with Crippen LogP contribution in [0, 0.1) is 0 Å². The highest BCUT2D eigenvalue weighted by atomic mass is 79.9. The molecule has 1 aliphatic rings. The standard InChI is InChI=1S/C17H13BrN4OS/c18-11-3-1-10(2-4-11)12-7-13(12)22-16(23)15-9-21-17(24-15)14-8-19-5-6-20-14/h1-6,8-9,12-13H,7H2,(H,22,23)/t12-,13+/m0/s1. The van der Waals surface area contributed by atoms with Crippen LogP contribution in [0.1, 0.15) is 27.6 Å². The number of carbonyl (C=O) groups excluding carboxylic acids is 1. The molecule has 1 aliphatic carbocycles. The third-order valence-corrected chi connectivity index (χ3v) is 5.46. The second-order valence-corrected chi connectivity index (χ2v) is 7.54. The number of rotatable bonds is 4. The summed E-state index contributed by atoms with van der Waals surface area (Å²) in [6.07, 6.45) is 7.44. The first-order valence-electron chi connectivity index (χ1n) is 7.49. The highest BCUT2D eigenvalue weighted by molar-refractivity contribution is 9.10. The lowest BCUT2D eigenvalue weighted by Gasteiger charge is -2.03. The number of nitrogens with one attached hydrogen (secondary N) is 1. The number of nitrogens with zero attached hydrogens (tertiary/aromatic N) is 3. The molecule has 0 bridgehead atoms. The van der Waals surface area contributed by atoms with Crippen LogP contribution in [0.2, 0.25) is 0 Å². The van der Waals surface area contributed by atoms with Gasteiger partial charge in [-0.25, -0.2) is 4.98 Å². The zero-order chi connectivity index (χ0) is 16.5. The van der Waals surface area contributed by atoms with Crippen LogP contribution in [-0.4, -0.2) is 26.9 Å². The lowest BCUT2D eigenvalue weighted by atomic mass is 10.1. The van der Waals surface area contributed by atoms with E-state index in [-0.39, 0.29) is 11.9 Å². The topological polar surface area (TPSA) is 67.8 Å². The van der Waals surface area contributed by atoms with E-state index in [1.807, 2.05) is 12.1 Å². The maximum absolute atomic E-state index is 12.4. The van der Waals surface area contributed by atoms with Crippen molar-refractivity contribution < 1.29 is 4.79 Å². The van der Waals surface area contributed by atoms with Crippen molar-refractivity contribution in [1.82, 2.24) is 20.3 Å². The number of benzene rings is 1. The zero-order valence-corrected chi connectivity index (χ0v) is 14.9. The van der Waals surface area contributed by atoms with E-state index in [1.165, 1.54) is 16.9 Å². The zero-order valence-electron chi connectivity index (χ0n) is 12.5. The minimum atomic E-state index is -0.0766. The molecule has 120 valence electrons. The number of thiazole rings is 1. The van der Waals surface area contributed by atoms with E-state index >= 15 is 0 Å². The van der Waals surface area contributed by atoms with E-state index < -0.39 is 0 Å². The third-order valence-electron chi connectivity index (χ3n) is 3.92. The van der Waals surface area contributed by atoms with Gasteiger partial charge >= 0.3 is 0 Å². The summed E-state index contributed by atoms with van der Waals surface area (Å²) in [4.78, 5) is 25.5.